The molecule has 2 heterocycles. The third-order valence-electron chi connectivity index (χ3n) is 2.81. The molecule has 84 valence electrons. The topological polar surface area (TPSA) is 15.3 Å². The van der Waals surface area contributed by atoms with Crippen molar-refractivity contribution in [2.75, 3.05) is 20.1 Å². The van der Waals surface area contributed by atoms with Crippen LogP contribution in [0.25, 0.3) is 0 Å². The highest BCUT2D eigenvalue weighted by atomic mass is 79.9. The van der Waals surface area contributed by atoms with Crippen LogP contribution in [0, 0.1) is 0 Å². The number of hydrogen-bond acceptors (Lipinski definition) is 3. The molecule has 2 rings (SSSR count). The lowest BCUT2D eigenvalue weighted by Crippen LogP contribution is -2.43. The fourth-order valence-electron chi connectivity index (χ4n) is 2.02. The first-order chi connectivity index (χ1) is 7.24. The van der Waals surface area contributed by atoms with E-state index in [4.69, 9.17) is 0 Å². The fraction of sp³-hybridized carbons (Fsp3) is 0.636. The van der Waals surface area contributed by atoms with Crippen LogP contribution in [-0.4, -0.2) is 31.1 Å². The third kappa shape index (κ3) is 3.55. The molecule has 0 saturated carbocycles. The molecule has 1 unspecified atom stereocenters. The molecule has 0 aliphatic carbocycles. The highest BCUT2D eigenvalue weighted by molar-refractivity contribution is 9.10. The van der Waals surface area contributed by atoms with E-state index >= 15 is 0 Å². The summed E-state index contributed by atoms with van der Waals surface area (Å²) < 4.78 is 1.20. The smallest absolute Gasteiger partial charge is 0.0303 e. The quantitative estimate of drug-likeness (QED) is 0.920. The molecule has 1 atom stereocenters. The summed E-state index contributed by atoms with van der Waals surface area (Å²) >= 11 is 5.30. The lowest BCUT2D eigenvalue weighted by atomic mass is 10.1. The van der Waals surface area contributed by atoms with Gasteiger partial charge in [-0.3, -0.25) is 0 Å². The van der Waals surface area contributed by atoms with E-state index in [1.807, 2.05) is 11.3 Å². The number of likely N-dealkylation sites (tertiary alicyclic amines) is 1. The van der Waals surface area contributed by atoms with Gasteiger partial charge in [0.15, 0.2) is 0 Å². The predicted molar refractivity (Wildman–Crippen MR) is 69.4 cm³/mol. The number of nitrogens with zero attached hydrogens (tertiary/aromatic N) is 1. The van der Waals surface area contributed by atoms with Gasteiger partial charge in [0, 0.05) is 33.9 Å². The molecule has 0 radical (unpaired) electrons. The predicted octanol–water partition coefficient (Wildman–Crippen LogP) is 2.69. The molecule has 4 heteroatoms. The summed E-state index contributed by atoms with van der Waals surface area (Å²) in [6.45, 7) is 3.45. The summed E-state index contributed by atoms with van der Waals surface area (Å²) in [5.74, 6) is 0. The van der Waals surface area contributed by atoms with Crippen molar-refractivity contribution < 1.29 is 0 Å². The van der Waals surface area contributed by atoms with Crippen LogP contribution >= 0.6 is 27.3 Å². The zero-order valence-electron chi connectivity index (χ0n) is 9.00. The first-order valence-electron chi connectivity index (χ1n) is 5.39. The maximum absolute atomic E-state index is 3.63. The number of halogens is 1. The second-order valence-electron chi connectivity index (χ2n) is 4.21. The van der Waals surface area contributed by atoms with Gasteiger partial charge in [-0.1, -0.05) is 0 Å². The van der Waals surface area contributed by atoms with E-state index in [-0.39, 0.29) is 0 Å². The molecule has 2 nitrogen and oxygen atoms in total. The van der Waals surface area contributed by atoms with Gasteiger partial charge in [-0.15, -0.1) is 11.3 Å². The van der Waals surface area contributed by atoms with Crippen LogP contribution in [0.2, 0.25) is 0 Å². The zero-order chi connectivity index (χ0) is 10.7. The highest BCUT2D eigenvalue weighted by Crippen LogP contribution is 2.20. The van der Waals surface area contributed by atoms with E-state index in [2.05, 4.69) is 44.6 Å². The Morgan fingerprint density at radius 2 is 2.53 bits per heavy atom. The van der Waals surface area contributed by atoms with Crippen LogP contribution in [0.15, 0.2) is 15.9 Å². The van der Waals surface area contributed by atoms with Gasteiger partial charge in [0.2, 0.25) is 0 Å². The van der Waals surface area contributed by atoms with E-state index < -0.39 is 0 Å². The summed E-state index contributed by atoms with van der Waals surface area (Å²) in [7, 11) is 2.20. The van der Waals surface area contributed by atoms with Crippen molar-refractivity contribution in [2.24, 2.45) is 0 Å². The molecular weight excluding hydrogens is 272 g/mol. The van der Waals surface area contributed by atoms with Crippen LogP contribution in [0.4, 0.5) is 0 Å². The van der Waals surface area contributed by atoms with E-state index in [1.165, 1.54) is 35.3 Å². The molecule has 0 spiro atoms. The van der Waals surface area contributed by atoms with Crippen molar-refractivity contribution in [1.29, 1.82) is 0 Å². The van der Waals surface area contributed by atoms with Crippen LogP contribution in [-0.2, 0) is 6.54 Å². The maximum atomic E-state index is 3.63. The Kier molecular flexibility index (Phi) is 4.20. The first kappa shape index (κ1) is 11.6. The van der Waals surface area contributed by atoms with Crippen molar-refractivity contribution in [3.05, 3.63) is 20.8 Å². The monoisotopic (exact) mass is 288 g/mol. The lowest BCUT2D eigenvalue weighted by Gasteiger charge is -2.30. The van der Waals surface area contributed by atoms with E-state index in [0.717, 1.165) is 6.54 Å². The van der Waals surface area contributed by atoms with Crippen LogP contribution in [0.1, 0.15) is 17.7 Å². The Balaban J connectivity index is 1.77. The number of rotatable bonds is 3. The molecule has 1 aliphatic heterocycles. The third-order valence-corrected chi connectivity index (χ3v) is 4.51. The second kappa shape index (κ2) is 5.43. The molecule has 1 fully saturated rings. The van der Waals surface area contributed by atoms with Gasteiger partial charge in [-0.2, -0.15) is 0 Å². The summed E-state index contributed by atoms with van der Waals surface area (Å²) in [4.78, 5) is 3.82. The SMILES string of the molecule is CN1CCCC(NCc2cc(Br)cs2)C1. The molecule has 0 bridgehead atoms. The zero-order valence-corrected chi connectivity index (χ0v) is 11.4. The number of piperidine rings is 1. The number of nitrogens with one attached hydrogen (secondary N) is 1. The minimum Gasteiger partial charge on any atom is -0.308 e. The van der Waals surface area contributed by atoms with Gasteiger partial charge in [0.1, 0.15) is 0 Å². The normalized spacial score (nSPS) is 23.2. The molecule has 1 aromatic rings. The molecule has 1 saturated heterocycles. The lowest BCUT2D eigenvalue weighted by molar-refractivity contribution is 0.227. The molecule has 0 aromatic carbocycles. The van der Waals surface area contributed by atoms with Crippen molar-refractivity contribution in [3.8, 4) is 0 Å². The number of hydrogen-bond donors (Lipinski definition) is 1. The highest BCUT2D eigenvalue weighted by Gasteiger charge is 2.16. The second-order valence-corrected chi connectivity index (χ2v) is 6.12. The van der Waals surface area contributed by atoms with E-state index in [9.17, 15) is 0 Å². The molecule has 0 amide bonds. The van der Waals surface area contributed by atoms with Crippen LogP contribution in [0.3, 0.4) is 0 Å². The van der Waals surface area contributed by atoms with Gasteiger partial charge < -0.3 is 10.2 Å². The Bertz CT molecular complexity index is 313. The van der Waals surface area contributed by atoms with Gasteiger partial charge in [0.25, 0.3) is 0 Å². The summed E-state index contributed by atoms with van der Waals surface area (Å²) in [5.41, 5.74) is 0. The minimum atomic E-state index is 0.671. The Labute approximate surface area is 104 Å². The van der Waals surface area contributed by atoms with Gasteiger partial charge in [-0.05, 0) is 48.4 Å². The van der Waals surface area contributed by atoms with Crippen molar-refractivity contribution >= 4 is 27.3 Å². The van der Waals surface area contributed by atoms with Crippen molar-refractivity contribution in [3.63, 3.8) is 0 Å². The largest absolute Gasteiger partial charge is 0.308 e. The molecule has 1 aromatic heterocycles. The maximum Gasteiger partial charge on any atom is 0.0303 e. The Morgan fingerprint density at radius 3 is 3.20 bits per heavy atom. The Morgan fingerprint density at radius 1 is 1.67 bits per heavy atom. The molecule has 15 heavy (non-hydrogen) atoms. The van der Waals surface area contributed by atoms with Crippen LogP contribution < -0.4 is 5.32 Å². The minimum absolute atomic E-state index is 0.671. The average Bonchev–Trinajstić information content (AvgIpc) is 2.62. The number of thiophene rings is 1. The molecule has 1 N–H and O–H groups in total. The average molecular weight is 289 g/mol. The van der Waals surface area contributed by atoms with E-state index in [1.54, 1.807) is 0 Å². The van der Waals surface area contributed by atoms with Crippen LogP contribution in [0.5, 0.6) is 0 Å². The standard InChI is InChI=1S/C11H17BrN2S/c1-14-4-2-3-10(7-14)13-6-11-5-9(12)8-15-11/h5,8,10,13H,2-4,6-7H2,1H3. The number of likely N-dealkylation sites (N-methyl/N-ethyl adjacent to an activating group) is 1. The van der Waals surface area contributed by atoms with Crippen molar-refractivity contribution in [1.82, 2.24) is 10.2 Å². The van der Waals surface area contributed by atoms with Gasteiger partial charge in [0.05, 0.1) is 0 Å². The van der Waals surface area contributed by atoms with Gasteiger partial charge in [-0.25, -0.2) is 0 Å². The van der Waals surface area contributed by atoms with Crippen molar-refractivity contribution in [2.45, 2.75) is 25.4 Å². The first-order valence-corrected chi connectivity index (χ1v) is 7.06. The molecule has 1 aliphatic rings. The summed E-state index contributed by atoms with van der Waals surface area (Å²) in [5, 5.41) is 5.77. The molecular formula is C11H17BrN2S. The summed E-state index contributed by atoms with van der Waals surface area (Å²) in [6, 6.07) is 2.87. The van der Waals surface area contributed by atoms with Gasteiger partial charge >= 0.3 is 0 Å². The summed E-state index contributed by atoms with van der Waals surface area (Å²) in [6.07, 6.45) is 2.64. The fourth-order valence-corrected chi connectivity index (χ4v) is 3.43. The van der Waals surface area contributed by atoms with E-state index in [0.29, 0.717) is 6.04 Å². The Hall–Kier alpha value is 0.1000.